The fraction of sp³-hybridized carbons (Fsp3) is 0.412. The lowest BCUT2D eigenvalue weighted by Crippen LogP contribution is -2.37. The summed E-state index contributed by atoms with van der Waals surface area (Å²) in [5.41, 5.74) is 1.81. The van der Waals surface area contributed by atoms with E-state index in [1.165, 1.54) is 17.4 Å². The highest BCUT2D eigenvalue weighted by Gasteiger charge is 2.30. The molecule has 1 fully saturated rings. The van der Waals surface area contributed by atoms with Crippen molar-refractivity contribution in [3.63, 3.8) is 0 Å². The predicted octanol–water partition coefficient (Wildman–Crippen LogP) is 2.29. The maximum absolute atomic E-state index is 12.6. The average Bonchev–Trinajstić information content (AvgIpc) is 2.99. The number of likely N-dealkylation sites (tertiary alicyclic amines) is 1. The Morgan fingerprint density at radius 3 is 2.58 bits per heavy atom. The Balaban J connectivity index is 1.96. The Kier molecular flexibility index (Phi) is 4.62. The SMILES string of the molecule is C=CC(=O)N1CCC(c2c(C(=O)N(C)C)sc3nccnc23)CC1. The molecule has 0 bridgehead atoms. The molecular formula is C17H20N4O2S. The molecule has 2 amide bonds. The van der Waals surface area contributed by atoms with Crippen molar-refractivity contribution in [3.05, 3.63) is 35.5 Å². The number of rotatable bonds is 3. The first-order valence-corrected chi connectivity index (χ1v) is 8.71. The van der Waals surface area contributed by atoms with E-state index in [2.05, 4.69) is 16.5 Å². The number of carbonyl (C=O) groups excluding carboxylic acids is 2. The third-order valence-electron chi connectivity index (χ3n) is 4.35. The zero-order chi connectivity index (χ0) is 17.3. The highest BCUT2D eigenvalue weighted by molar-refractivity contribution is 7.20. The number of carbonyl (C=O) groups is 2. The molecule has 0 aromatic carbocycles. The van der Waals surface area contributed by atoms with Crippen molar-refractivity contribution in [1.29, 1.82) is 0 Å². The molecule has 6 nitrogen and oxygen atoms in total. The lowest BCUT2D eigenvalue weighted by molar-refractivity contribution is -0.127. The molecule has 126 valence electrons. The number of fused-ring (bicyclic) bond motifs is 1. The Labute approximate surface area is 144 Å². The summed E-state index contributed by atoms with van der Waals surface area (Å²) in [7, 11) is 3.51. The fourth-order valence-corrected chi connectivity index (χ4v) is 4.31. The van der Waals surface area contributed by atoms with Crippen LogP contribution in [0.2, 0.25) is 0 Å². The van der Waals surface area contributed by atoms with Gasteiger partial charge in [-0.1, -0.05) is 6.58 Å². The highest BCUT2D eigenvalue weighted by Crippen LogP contribution is 2.39. The molecule has 24 heavy (non-hydrogen) atoms. The molecule has 0 aliphatic carbocycles. The van der Waals surface area contributed by atoms with Gasteiger partial charge >= 0.3 is 0 Å². The molecule has 1 saturated heterocycles. The molecule has 7 heteroatoms. The van der Waals surface area contributed by atoms with Gasteiger partial charge in [0.25, 0.3) is 5.91 Å². The van der Waals surface area contributed by atoms with Crippen LogP contribution >= 0.6 is 11.3 Å². The minimum atomic E-state index is -0.0343. The molecule has 2 aromatic rings. The van der Waals surface area contributed by atoms with Gasteiger partial charge in [0.1, 0.15) is 10.3 Å². The van der Waals surface area contributed by atoms with Crippen molar-refractivity contribution in [2.24, 2.45) is 0 Å². The van der Waals surface area contributed by atoms with Gasteiger partial charge in [0, 0.05) is 45.1 Å². The van der Waals surface area contributed by atoms with Crippen LogP contribution < -0.4 is 0 Å². The molecule has 0 spiro atoms. The van der Waals surface area contributed by atoms with Gasteiger partial charge in [0.05, 0.1) is 4.88 Å². The zero-order valence-corrected chi connectivity index (χ0v) is 14.7. The van der Waals surface area contributed by atoms with E-state index in [9.17, 15) is 9.59 Å². The van der Waals surface area contributed by atoms with Crippen LogP contribution in [0.25, 0.3) is 10.3 Å². The third kappa shape index (κ3) is 2.91. The Hall–Kier alpha value is -2.28. The predicted molar refractivity (Wildman–Crippen MR) is 94.2 cm³/mol. The van der Waals surface area contributed by atoms with Crippen LogP contribution in [0.5, 0.6) is 0 Å². The second kappa shape index (κ2) is 6.68. The average molecular weight is 344 g/mol. The van der Waals surface area contributed by atoms with Gasteiger partial charge in [-0.3, -0.25) is 14.6 Å². The summed E-state index contributed by atoms with van der Waals surface area (Å²) in [5.74, 6) is 0.163. The zero-order valence-electron chi connectivity index (χ0n) is 13.9. The lowest BCUT2D eigenvalue weighted by atomic mass is 9.88. The first kappa shape index (κ1) is 16.6. The summed E-state index contributed by atoms with van der Waals surface area (Å²) >= 11 is 1.40. The number of aromatic nitrogens is 2. The van der Waals surface area contributed by atoms with E-state index in [0.29, 0.717) is 13.1 Å². The van der Waals surface area contributed by atoms with E-state index >= 15 is 0 Å². The van der Waals surface area contributed by atoms with Gasteiger partial charge in [0.15, 0.2) is 0 Å². The van der Waals surface area contributed by atoms with Gasteiger partial charge in [-0.15, -0.1) is 11.3 Å². The van der Waals surface area contributed by atoms with Crippen molar-refractivity contribution in [1.82, 2.24) is 19.8 Å². The molecule has 1 aliphatic rings. The summed E-state index contributed by atoms with van der Waals surface area (Å²) in [6.45, 7) is 4.88. The van der Waals surface area contributed by atoms with Gasteiger partial charge in [-0.05, 0) is 24.8 Å². The van der Waals surface area contributed by atoms with E-state index in [0.717, 1.165) is 33.6 Å². The third-order valence-corrected chi connectivity index (χ3v) is 5.44. The van der Waals surface area contributed by atoms with Crippen LogP contribution in [0.1, 0.15) is 34.0 Å². The van der Waals surface area contributed by atoms with Gasteiger partial charge < -0.3 is 9.80 Å². The van der Waals surface area contributed by atoms with Gasteiger partial charge in [-0.25, -0.2) is 4.98 Å². The summed E-state index contributed by atoms with van der Waals surface area (Å²) in [5, 5.41) is 0. The molecular weight excluding hydrogens is 324 g/mol. The first-order valence-electron chi connectivity index (χ1n) is 7.89. The number of hydrogen-bond donors (Lipinski definition) is 0. The molecule has 0 saturated carbocycles. The Morgan fingerprint density at radius 1 is 1.29 bits per heavy atom. The van der Waals surface area contributed by atoms with E-state index < -0.39 is 0 Å². The molecule has 0 unspecified atom stereocenters. The van der Waals surface area contributed by atoms with E-state index in [1.807, 2.05) is 0 Å². The normalized spacial score (nSPS) is 15.5. The van der Waals surface area contributed by atoms with Gasteiger partial charge in [0.2, 0.25) is 5.91 Å². The van der Waals surface area contributed by atoms with E-state index in [-0.39, 0.29) is 17.7 Å². The summed E-state index contributed by atoms with van der Waals surface area (Å²) in [4.78, 5) is 38.1. The van der Waals surface area contributed by atoms with Gasteiger partial charge in [-0.2, -0.15) is 0 Å². The van der Waals surface area contributed by atoms with Crippen LogP contribution in [-0.2, 0) is 4.79 Å². The molecule has 0 atom stereocenters. The molecule has 2 aromatic heterocycles. The monoisotopic (exact) mass is 344 g/mol. The molecule has 3 rings (SSSR count). The maximum Gasteiger partial charge on any atom is 0.263 e. The van der Waals surface area contributed by atoms with Crippen molar-refractivity contribution >= 4 is 33.5 Å². The number of nitrogens with zero attached hydrogens (tertiary/aromatic N) is 4. The maximum atomic E-state index is 12.6. The molecule has 0 radical (unpaired) electrons. The van der Waals surface area contributed by atoms with Crippen LogP contribution in [0.3, 0.4) is 0 Å². The number of piperidine rings is 1. The number of amides is 2. The van der Waals surface area contributed by atoms with Crippen LogP contribution in [0, 0.1) is 0 Å². The van der Waals surface area contributed by atoms with Crippen LogP contribution in [0.4, 0.5) is 0 Å². The standard InChI is InChI=1S/C17H20N4O2S/c1-4-12(22)21-9-5-11(6-10-21)13-14-16(19-8-7-18-14)24-15(13)17(23)20(2)3/h4,7-8,11H,1,5-6,9-10H2,2-3H3. The topological polar surface area (TPSA) is 66.4 Å². The largest absolute Gasteiger partial charge is 0.344 e. The Bertz CT molecular complexity index is 791. The van der Waals surface area contributed by atoms with E-state index in [1.54, 1.807) is 36.3 Å². The van der Waals surface area contributed by atoms with Crippen LogP contribution in [0.15, 0.2) is 25.0 Å². The minimum Gasteiger partial charge on any atom is -0.344 e. The quantitative estimate of drug-likeness (QED) is 0.801. The Morgan fingerprint density at radius 2 is 1.96 bits per heavy atom. The van der Waals surface area contributed by atoms with Crippen molar-refractivity contribution in [2.75, 3.05) is 27.2 Å². The van der Waals surface area contributed by atoms with Crippen molar-refractivity contribution in [2.45, 2.75) is 18.8 Å². The number of thiophene rings is 1. The van der Waals surface area contributed by atoms with Crippen molar-refractivity contribution in [3.8, 4) is 0 Å². The summed E-state index contributed by atoms with van der Waals surface area (Å²) < 4.78 is 0. The van der Waals surface area contributed by atoms with E-state index in [4.69, 9.17) is 0 Å². The summed E-state index contributed by atoms with van der Waals surface area (Å²) in [6, 6.07) is 0. The second-order valence-electron chi connectivity index (χ2n) is 6.06. The minimum absolute atomic E-state index is 0.0144. The second-order valence-corrected chi connectivity index (χ2v) is 7.06. The summed E-state index contributed by atoms with van der Waals surface area (Å²) in [6.07, 6.45) is 6.30. The first-order chi connectivity index (χ1) is 11.5. The highest BCUT2D eigenvalue weighted by atomic mass is 32.1. The molecule has 0 N–H and O–H groups in total. The number of hydrogen-bond acceptors (Lipinski definition) is 5. The fourth-order valence-electron chi connectivity index (χ4n) is 3.10. The van der Waals surface area contributed by atoms with Crippen LogP contribution in [-0.4, -0.2) is 58.8 Å². The lowest BCUT2D eigenvalue weighted by Gasteiger charge is -2.31. The van der Waals surface area contributed by atoms with Crippen molar-refractivity contribution < 1.29 is 9.59 Å². The molecule has 1 aliphatic heterocycles. The molecule has 3 heterocycles. The smallest absolute Gasteiger partial charge is 0.263 e.